The molecule has 0 aliphatic heterocycles. The summed E-state index contributed by atoms with van der Waals surface area (Å²) in [6.45, 7) is 0. The second kappa shape index (κ2) is 9.81. The van der Waals surface area contributed by atoms with Gasteiger partial charge in [-0.1, -0.05) is 54.6 Å². The highest BCUT2D eigenvalue weighted by molar-refractivity contribution is 14.1. The molecule has 0 spiro atoms. The van der Waals surface area contributed by atoms with Crippen LogP contribution in [-0.2, 0) is 0 Å². The third-order valence-electron chi connectivity index (χ3n) is 5.38. The molecule has 0 fully saturated rings. The second-order valence-corrected chi connectivity index (χ2v) is 11.1. The van der Waals surface area contributed by atoms with E-state index < -0.39 is 0 Å². The molecule has 5 aromatic rings. The Hall–Kier alpha value is -2.09. The first-order chi connectivity index (χ1) is 15.7. The van der Waals surface area contributed by atoms with Gasteiger partial charge >= 0.3 is 0 Å². The van der Waals surface area contributed by atoms with Crippen LogP contribution in [0, 0.1) is 7.14 Å². The highest BCUT2D eigenvalue weighted by atomic mass is 127. The molecule has 5 rings (SSSR count). The lowest BCUT2D eigenvalue weighted by Gasteiger charge is -2.06. The van der Waals surface area contributed by atoms with E-state index in [-0.39, 0.29) is 0 Å². The second-order valence-electron chi connectivity index (χ2n) is 7.53. The van der Waals surface area contributed by atoms with Gasteiger partial charge in [-0.3, -0.25) is 0 Å². The third kappa shape index (κ3) is 4.95. The van der Waals surface area contributed by atoms with Crippen LogP contribution in [0.3, 0.4) is 0 Å². The summed E-state index contributed by atoms with van der Waals surface area (Å²) in [5.41, 5.74) is 7.47. The summed E-state index contributed by atoms with van der Waals surface area (Å²) in [6, 6.07) is 41.6. The van der Waals surface area contributed by atoms with E-state index in [2.05, 4.69) is 160 Å². The van der Waals surface area contributed by atoms with Crippen molar-refractivity contribution in [3.8, 4) is 43.1 Å². The van der Waals surface area contributed by atoms with Gasteiger partial charge in [0.15, 0.2) is 0 Å². The fourth-order valence-electron chi connectivity index (χ4n) is 3.67. The molecule has 154 valence electrons. The Morgan fingerprint density at radius 1 is 0.375 bits per heavy atom. The first kappa shape index (κ1) is 21.7. The summed E-state index contributed by atoms with van der Waals surface area (Å²) < 4.78 is 2.50. The van der Waals surface area contributed by atoms with Crippen LogP contribution >= 0.6 is 56.5 Å². The first-order valence-electron chi connectivity index (χ1n) is 10.3. The molecule has 0 aliphatic rings. The Kier molecular flexibility index (Phi) is 6.67. The molecule has 0 bridgehead atoms. The largest absolute Gasteiger partial charge is 0.239 e. The number of hydrogen-bond acceptors (Lipinski definition) is 0. The summed E-state index contributed by atoms with van der Waals surface area (Å²) in [6.07, 6.45) is 0. The van der Waals surface area contributed by atoms with Crippen LogP contribution in [0.2, 0.25) is 0 Å². The Morgan fingerprint density at radius 3 is 1.22 bits per heavy atom. The van der Waals surface area contributed by atoms with Crippen LogP contribution < -0.4 is 0 Å². The minimum absolute atomic E-state index is 1.23. The molecule has 4 aromatic carbocycles. The lowest BCUT2D eigenvalue weighted by Crippen LogP contribution is -1.85. The summed E-state index contributed by atoms with van der Waals surface area (Å²) in [5, 5.41) is 0. The van der Waals surface area contributed by atoms with Crippen LogP contribution in [0.15, 0.2) is 115 Å². The van der Waals surface area contributed by atoms with Crippen LogP contribution in [0.4, 0.5) is 0 Å². The molecular weight excluding hydrogens is 634 g/mol. The number of hydrogen-bond donors (Lipinski definition) is 0. The van der Waals surface area contributed by atoms with E-state index in [4.69, 9.17) is 0 Å². The molecule has 0 atom stereocenters. The maximum Gasteiger partial charge on any atom is 0.239 e. The average Bonchev–Trinajstić information content (AvgIpc) is 2.85. The molecule has 0 saturated heterocycles. The van der Waals surface area contributed by atoms with Crippen molar-refractivity contribution >= 4 is 56.5 Å². The van der Waals surface area contributed by atoms with Gasteiger partial charge in [-0.25, -0.2) is 0 Å². The minimum atomic E-state index is 1.23. The summed E-state index contributed by atoms with van der Waals surface area (Å²) in [5.74, 6) is 0. The zero-order valence-corrected chi connectivity index (χ0v) is 22.3. The van der Waals surface area contributed by atoms with Crippen LogP contribution in [0.25, 0.3) is 43.1 Å². The summed E-state index contributed by atoms with van der Waals surface area (Å²) in [7, 11) is 0. The van der Waals surface area contributed by atoms with Crippen molar-refractivity contribution in [2.24, 2.45) is 0 Å². The van der Waals surface area contributed by atoms with Gasteiger partial charge in [0.2, 0.25) is 21.1 Å². The average molecular weight is 653 g/mol. The van der Waals surface area contributed by atoms with E-state index in [1.54, 1.807) is 0 Å². The van der Waals surface area contributed by atoms with Gasteiger partial charge in [0.1, 0.15) is 0 Å². The molecule has 0 nitrogen and oxygen atoms in total. The molecule has 0 saturated carbocycles. The smallest absolute Gasteiger partial charge is 0.0622 e. The number of benzene rings is 4. The lowest BCUT2D eigenvalue weighted by atomic mass is 9.99. The topological polar surface area (TPSA) is 0 Å². The monoisotopic (exact) mass is 653 g/mol. The molecule has 1 aromatic heterocycles. The van der Waals surface area contributed by atoms with Gasteiger partial charge in [0.25, 0.3) is 0 Å². The van der Waals surface area contributed by atoms with Gasteiger partial charge in [0, 0.05) is 30.4 Å². The fraction of sp³-hybridized carbons (Fsp3) is 0. The van der Waals surface area contributed by atoms with Crippen LogP contribution in [0.1, 0.15) is 0 Å². The summed E-state index contributed by atoms with van der Waals surface area (Å²) in [4.78, 5) is 2.55. The van der Waals surface area contributed by atoms with E-state index in [1.165, 1.54) is 50.3 Å². The van der Waals surface area contributed by atoms with Crippen LogP contribution in [-0.4, -0.2) is 0 Å². The van der Waals surface area contributed by atoms with Gasteiger partial charge in [0.05, 0.1) is 0 Å². The maximum atomic E-state index is 2.36. The van der Waals surface area contributed by atoms with Gasteiger partial charge in [-0.2, -0.15) is 0 Å². The van der Waals surface area contributed by atoms with Gasteiger partial charge in [-0.05, 0) is 116 Å². The zero-order chi connectivity index (χ0) is 21.9. The van der Waals surface area contributed by atoms with Gasteiger partial charge in [-0.15, -0.1) is 0 Å². The van der Waals surface area contributed by atoms with Gasteiger partial charge < -0.3 is 0 Å². The normalized spacial score (nSPS) is 10.8. The van der Waals surface area contributed by atoms with Crippen molar-refractivity contribution < 1.29 is 0 Å². The molecule has 3 heteroatoms. The van der Waals surface area contributed by atoms with E-state index >= 15 is 0 Å². The highest BCUT2D eigenvalue weighted by Crippen LogP contribution is 2.38. The minimum Gasteiger partial charge on any atom is -0.0622 e. The van der Waals surface area contributed by atoms with E-state index in [0.29, 0.717) is 0 Å². The first-order valence-corrected chi connectivity index (χ1v) is 13.3. The predicted octanol–water partition coefficient (Wildman–Crippen LogP) is 9.91. The SMILES string of the molecule is Ic1ccc(-c2cc(-c3ccc(-c4ccccc4)cc3)cc(-c3ccc(I)cc3)[s+]2)cc1. The Bertz CT molecular complexity index is 1280. The van der Waals surface area contributed by atoms with Crippen molar-refractivity contribution in [3.05, 3.63) is 122 Å². The van der Waals surface area contributed by atoms with Crippen molar-refractivity contribution in [2.45, 2.75) is 0 Å². The Morgan fingerprint density at radius 2 is 0.750 bits per heavy atom. The van der Waals surface area contributed by atoms with Crippen molar-refractivity contribution in [3.63, 3.8) is 0 Å². The van der Waals surface area contributed by atoms with E-state index in [1.807, 2.05) is 11.3 Å². The molecule has 0 radical (unpaired) electrons. The quantitative estimate of drug-likeness (QED) is 0.134. The molecular formula is C29H19I2S+. The summed E-state index contributed by atoms with van der Waals surface area (Å²) >= 11 is 6.57. The fourth-order valence-corrected chi connectivity index (χ4v) is 5.50. The van der Waals surface area contributed by atoms with Crippen LogP contribution in [0.5, 0.6) is 0 Å². The standard InChI is InChI=1S/C29H19I2S/c30-26-14-10-23(11-15-26)28-18-25(19-29(32-28)24-12-16-27(31)17-13-24)22-8-6-21(7-9-22)20-4-2-1-3-5-20/h1-19H/q+1. The molecule has 0 N–H and O–H groups in total. The molecule has 32 heavy (non-hydrogen) atoms. The lowest BCUT2D eigenvalue weighted by molar-refractivity contribution is 1.59. The van der Waals surface area contributed by atoms with Crippen molar-refractivity contribution in [1.82, 2.24) is 0 Å². The molecule has 1 heterocycles. The van der Waals surface area contributed by atoms with E-state index in [0.717, 1.165) is 0 Å². The zero-order valence-electron chi connectivity index (χ0n) is 17.1. The van der Waals surface area contributed by atoms with Crippen molar-refractivity contribution in [1.29, 1.82) is 0 Å². The predicted molar refractivity (Wildman–Crippen MR) is 156 cm³/mol. The highest BCUT2D eigenvalue weighted by Gasteiger charge is 2.19. The molecule has 0 aliphatic carbocycles. The molecule has 0 amide bonds. The Balaban J connectivity index is 1.60. The third-order valence-corrected chi connectivity index (χ3v) is 7.96. The van der Waals surface area contributed by atoms with Crippen molar-refractivity contribution in [2.75, 3.05) is 0 Å². The Labute approximate surface area is 220 Å². The maximum absolute atomic E-state index is 2.36. The van der Waals surface area contributed by atoms with E-state index in [9.17, 15) is 0 Å². The number of halogens is 2. The number of rotatable bonds is 4. The molecule has 0 unspecified atom stereocenters.